The fraction of sp³-hybridized carbons (Fsp3) is 0.500. The molecule has 0 amide bonds. The number of hydrogen-bond acceptors (Lipinski definition) is 4. The molecule has 0 fully saturated rings. The molecule has 0 saturated carbocycles. The normalized spacial score (nSPS) is 16.1. The fourth-order valence-corrected chi connectivity index (χ4v) is 2.43. The van der Waals surface area contributed by atoms with E-state index in [0.29, 0.717) is 34.7 Å². The third-order valence-corrected chi connectivity index (χ3v) is 3.34. The summed E-state index contributed by atoms with van der Waals surface area (Å²) in [6.07, 6.45) is -4.33. The van der Waals surface area contributed by atoms with Gasteiger partial charge < -0.3 is 14.6 Å². The number of alkyl halides is 3. The van der Waals surface area contributed by atoms with Crippen LogP contribution >= 0.6 is 15.9 Å². The topological polar surface area (TPSA) is 50.7 Å². The van der Waals surface area contributed by atoms with Gasteiger partial charge in [0.15, 0.2) is 11.5 Å². The number of rotatable bonds is 4. The Hall–Kier alpha value is -0.990. The van der Waals surface area contributed by atoms with Crippen LogP contribution in [0.4, 0.5) is 13.2 Å². The van der Waals surface area contributed by atoms with E-state index in [0.717, 1.165) is 0 Å². The zero-order chi connectivity index (χ0) is 14.8. The summed E-state index contributed by atoms with van der Waals surface area (Å²) >= 11 is 3.28. The Bertz CT molecular complexity index is 482. The molecule has 1 aromatic rings. The first-order valence-corrected chi connectivity index (χ1v) is 6.70. The molecule has 0 radical (unpaired) electrons. The summed E-state index contributed by atoms with van der Waals surface area (Å²) in [7, 11) is 0. The second-order valence-electron chi connectivity index (χ2n) is 4.26. The van der Waals surface area contributed by atoms with Gasteiger partial charge in [0.2, 0.25) is 0 Å². The molecule has 0 aliphatic carbocycles. The first-order chi connectivity index (χ1) is 9.40. The Morgan fingerprint density at radius 3 is 2.65 bits per heavy atom. The lowest BCUT2D eigenvalue weighted by molar-refractivity contribution is -0.126. The summed E-state index contributed by atoms with van der Waals surface area (Å²) in [4.78, 5) is 0. The summed E-state index contributed by atoms with van der Waals surface area (Å²) in [6, 6.07) is 2.35. The molecule has 0 bridgehead atoms. The van der Waals surface area contributed by atoms with Crippen LogP contribution in [-0.4, -0.2) is 37.6 Å². The van der Waals surface area contributed by atoms with Crippen LogP contribution in [0, 0.1) is 0 Å². The van der Waals surface area contributed by atoms with E-state index in [9.17, 15) is 18.3 Å². The van der Waals surface area contributed by atoms with Crippen molar-refractivity contribution in [3.8, 4) is 11.5 Å². The van der Waals surface area contributed by atoms with Crippen LogP contribution in [-0.2, 0) is 0 Å². The van der Waals surface area contributed by atoms with Crippen LogP contribution in [0.3, 0.4) is 0 Å². The average Bonchev–Trinajstić information content (AvgIpc) is 2.38. The van der Waals surface area contributed by atoms with Crippen molar-refractivity contribution in [2.45, 2.75) is 12.2 Å². The summed E-state index contributed by atoms with van der Waals surface area (Å²) in [6.45, 7) is -0.837. The van der Waals surface area contributed by atoms with Gasteiger partial charge in [0.25, 0.3) is 0 Å². The molecule has 8 heteroatoms. The minimum Gasteiger partial charge on any atom is -0.486 e. The van der Waals surface area contributed by atoms with Crippen molar-refractivity contribution in [3.05, 3.63) is 22.2 Å². The van der Waals surface area contributed by atoms with Crippen LogP contribution in [0.25, 0.3) is 0 Å². The van der Waals surface area contributed by atoms with Crippen molar-refractivity contribution in [2.75, 3.05) is 26.4 Å². The van der Waals surface area contributed by atoms with Gasteiger partial charge in [-0.2, -0.15) is 13.2 Å². The van der Waals surface area contributed by atoms with Gasteiger partial charge in [-0.15, -0.1) is 0 Å². The van der Waals surface area contributed by atoms with Crippen molar-refractivity contribution in [3.63, 3.8) is 0 Å². The van der Waals surface area contributed by atoms with Gasteiger partial charge in [0.1, 0.15) is 13.2 Å². The van der Waals surface area contributed by atoms with E-state index < -0.39 is 25.4 Å². The number of ether oxygens (including phenoxy) is 2. The lowest BCUT2D eigenvalue weighted by Crippen LogP contribution is -2.33. The molecule has 4 nitrogen and oxygen atoms in total. The monoisotopic (exact) mass is 355 g/mol. The number of halogens is 4. The first-order valence-electron chi connectivity index (χ1n) is 5.91. The summed E-state index contributed by atoms with van der Waals surface area (Å²) in [5, 5.41) is 11.5. The second kappa shape index (κ2) is 6.19. The van der Waals surface area contributed by atoms with Crippen molar-refractivity contribution in [2.24, 2.45) is 0 Å². The third kappa shape index (κ3) is 3.77. The van der Waals surface area contributed by atoms with E-state index in [2.05, 4.69) is 21.2 Å². The molecule has 20 heavy (non-hydrogen) atoms. The highest BCUT2D eigenvalue weighted by molar-refractivity contribution is 9.10. The van der Waals surface area contributed by atoms with Gasteiger partial charge in [-0.1, -0.05) is 0 Å². The predicted molar refractivity (Wildman–Crippen MR) is 69.0 cm³/mol. The largest absolute Gasteiger partial charge is 0.486 e. The number of aliphatic hydroxyl groups excluding tert-OH is 1. The van der Waals surface area contributed by atoms with Crippen LogP contribution in [0.5, 0.6) is 11.5 Å². The predicted octanol–water partition coefficient (Wildman–Crippen LogP) is 2.41. The molecule has 1 aliphatic rings. The Kier molecular flexibility index (Phi) is 4.77. The highest BCUT2D eigenvalue weighted by Gasteiger charge is 2.29. The van der Waals surface area contributed by atoms with E-state index in [4.69, 9.17) is 9.47 Å². The second-order valence-corrected chi connectivity index (χ2v) is 5.11. The number of benzene rings is 1. The third-order valence-electron chi connectivity index (χ3n) is 2.75. The molecule has 1 atom stereocenters. The van der Waals surface area contributed by atoms with Gasteiger partial charge in [0, 0.05) is 0 Å². The maximum Gasteiger partial charge on any atom is 0.401 e. The van der Waals surface area contributed by atoms with E-state index in [1.165, 1.54) is 0 Å². The minimum absolute atomic E-state index is 0.378. The van der Waals surface area contributed by atoms with Gasteiger partial charge in [0.05, 0.1) is 23.7 Å². The zero-order valence-electron chi connectivity index (χ0n) is 10.3. The zero-order valence-corrected chi connectivity index (χ0v) is 11.9. The SMILES string of the molecule is OCC(NCC(F)(F)F)c1cc(Br)c2c(c1)OCCO2. The lowest BCUT2D eigenvalue weighted by atomic mass is 10.1. The van der Waals surface area contributed by atoms with E-state index >= 15 is 0 Å². The Balaban J connectivity index is 2.19. The maximum absolute atomic E-state index is 12.2. The molecule has 112 valence electrons. The molecule has 0 aromatic heterocycles. The number of hydrogen-bond donors (Lipinski definition) is 2. The average molecular weight is 356 g/mol. The molecule has 1 unspecified atom stereocenters. The van der Waals surface area contributed by atoms with E-state index in [-0.39, 0.29) is 0 Å². The van der Waals surface area contributed by atoms with Crippen molar-refractivity contribution < 1.29 is 27.8 Å². The molecule has 1 heterocycles. The summed E-state index contributed by atoms with van der Waals surface area (Å²) in [5.41, 5.74) is 0.493. The van der Waals surface area contributed by atoms with E-state index in [1.807, 2.05) is 0 Å². The Morgan fingerprint density at radius 1 is 1.30 bits per heavy atom. The summed E-state index contributed by atoms with van der Waals surface area (Å²) < 4.78 is 48.0. The van der Waals surface area contributed by atoms with Crippen LogP contribution in [0.2, 0.25) is 0 Å². The molecule has 0 saturated heterocycles. The van der Waals surface area contributed by atoms with E-state index in [1.54, 1.807) is 12.1 Å². The number of nitrogens with one attached hydrogen (secondary N) is 1. The van der Waals surface area contributed by atoms with Gasteiger partial charge in [-0.05, 0) is 33.6 Å². The van der Waals surface area contributed by atoms with Crippen molar-refractivity contribution >= 4 is 15.9 Å². The van der Waals surface area contributed by atoms with Gasteiger partial charge in [-0.3, -0.25) is 5.32 Å². The first kappa shape index (κ1) is 15.4. The quantitative estimate of drug-likeness (QED) is 0.870. The summed E-state index contributed by atoms with van der Waals surface area (Å²) in [5.74, 6) is 0.973. The standard InChI is InChI=1S/C12H13BrF3NO3/c13-8-3-7(4-10-11(8)20-2-1-19-10)9(5-18)17-6-12(14,15)16/h3-4,9,17-18H,1-2,5-6H2. The van der Waals surface area contributed by atoms with Gasteiger partial charge >= 0.3 is 6.18 Å². The molecule has 2 N–H and O–H groups in total. The lowest BCUT2D eigenvalue weighted by Gasteiger charge is -2.23. The molecule has 1 aliphatic heterocycles. The fourth-order valence-electron chi connectivity index (χ4n) is 1.86. The Labute approximate surface area is 122 Å². The van der Waals surface area contributed by atoms with Crippen LogP contribution in [0.15, 0.2) is 16.6 Å². The molecule has 0 spiro atoms. The molecular weight excluding hydrogens is 343 g/mol. The smallest absolute Gasteiger partial charge is 0.401 e. The molecule has 2 rings (SSSR count). The van der Waals surface area contributed by atoms with Gasteiger partial charge in [-0.25, -0.2) is 0 Å². The van der Waals surface area contributed by atoms with Crippen LogP contribution in [0.1, 0.15) is 11.6 Å². The van der Waals surface area contributed by atoms with Crippen LogP contribution < -0.4 is 14.8 Å². The molecule has 1 aromatic carbocycles. The maximum atomic E-state index is 12.2. The minimum atomic E-state index is -4.33. The number of aliphatic hydroxyl groups is 1. The highest BCUT2D eigenvalue weighted by atomic mass is 79.9. The van der Waals surface area contributed by atoms with Crippen molar-refractivity contribution in [1.82, 2.24) is 5.32 Å². The molecular formula is C12H13BrF3NO3. The number of fused-ring (bicyclic) bond motifs is 1. The van der Waals surface area contributed by atoms with Crippen molar-refractivity contribution in [1.29, 1.82) is 0 Å². The highest BCUT2D eigenvalue weighted by Crippen LogP contribution is 2.39. The Morgan fingerprint density at radius 2 is 2.00 bits per heavy atom.